The molecule has 2 aromatic carbocycles. The van der Waals surface area contributed by atoms with E-state index >= 15 is 0 Å². The van der Waals surface area contributed by atoms with E-state index in [0.29, 0.717) is 21.9 Å². The first-order chi connectivity index (χ1) is 11.3. The van der Waals surface area contributed by atoms with Gasteiger partial charge in [-0.15, -0.1) is 0 Å². The Balaban J connectivity index is 1.92. The van der Waals surface area contributed by atoms with Crippen molar-refractivity contribution in [1.82, 2.24) is 4.98 Å². The van der Waals surface area contributed by atoms with Gasteiger partial charge in [0.25, 0.3) is 10.0 Å². The van der Waals surface area contributed by atoms with Crippen molar-refractivity contribution in [2.75, 3.05) is 10.0 Å². The minimum absolute atomic E-state index is 0.200. The van der Waals surface area contributed by atoms with Gasteiger partial charge in [0, 0.05) is 6.92 Å². The lowest BCUT2D eigenvalue weighted by molar-refractivity contribution is -0.114. The second kappa shape index (κ2) is 6.21. The average molecular weight is 361 g/mol. The first-order valence-corrected chi connectivity index (χ1v) is 9.42. The zero-order valence-electron chi connectivity index (χ0n) is 13.0. The number of anilines is 2. The van der Waals surface area contributed by atoms with E-state index in [-0.39, 0.29) is 10.8 Å². The van der Waals surface area contributed by atoms with Gasteiger partial charge in [-0.05, 0) is 36.8 Å². The van der Waals surface area contributed by atoms with Crippen LogP contribution in [0.1, 0.15) is 12.5 Å². The number of rotatable bonds is 4. The summed E-state index contributed by atoms with van der Waals surface area (Å²) in [5.74, 6) is -0.200. The van der Waals surface area contributed by atoms with E-state index in [9.17, 15) is 13.2 Å². The normalized spacial score (nSPS) is 11.4. The maximum Gasteiger partial charge on any atom is 0.262 e. The number of fused-ring (bicyclic) bond motifs is 1. The third kappa shape index (κ3) is 3.39. The number of nitrogens with one attached hydrogen (secondary N) is 2. The number of thiazole rings is 1. The number of carbonyl (C=O) groups is 1. The van der Waals surface area contributed by atoms with Gasteiger partial charge in [-0.1, -0.05) is 29.5 Å². The van der Waals surface area contributed by atoms with Crippen molar-refractivity contribution in [2.24, 2.45) is 0 Å². The summed E-state index contributed by atoms with van der Waals surface area (Å²) in [6.45, 7) is 3.16. The first kappa shape index (κ1) is 16.4. The van der Waals surface area contributed by atoms with Gasteiger partial charge in [0.2, 0.25) is 5.91 Å². The van der Waals surface area contributed by atoms with Gasteiger partial charge in [0.1, 0.15) is 0 Å². The molecule has 124 valence electrons. The lowest BCUT2D eigenvalue weighted by Gasteiger charge is -2.10. The molecule has 0 radical (unpaired) electrons. The smallest absolute Gasteiger partial charge is 0.262 e. The van der Waals surface area contributed by atoms with Crippen molar-refractivity contribution >= 4 is 48.3 Å². The lowest BCUT2D eigenvalue weighted by Crippen LogP contribution is -2.14. The number of benzene rings is 2. The molecule has 0 aliphatic rings. The van der Waals surface area contributed by atoms with Crippen LogP contribution in [0.5, 0.6) is 0 Å². The van der Waals surface area contributed by atoms with Crippen LogP contribution in [0.25, 0.3) is 10.2 Å². The van der Waals surface area contributed by atoms with E-state index in [1.54, 1.807) is 49.4 Å². The van der Waals surface area contributed by atoms with Crippen LogP contribution in [0.3, 0.4) is 0 Å². The van der Waals surface area contributed by atoms with E-state index < -0.39 is 10.0 Å². The summed E-state index contributed by atoms with van der Waals surface area (Å²) >= 11 is 1.29. The molecule has 1 aromatic heterocycles. The Labute approximate surface area is 143 Å². The minimum Gasteiger partial charge on any atom is -0.302 e. The van der Waals surface area contributed by atoms with Crippen LogP contribution in [0.2, 0.25) is 0 Å². The number of hydrogen-bond acceptors (Lipinski definition) is 5. The molecule has 0 atom stereocenters. The van der Waals surface area contributed by atoms with Crippen LogP contribution in [0.4, 0.5) is 10.8 Å². The number of aromatic nitrogens is 1. The standard InChI is InChI=1S/C16H15N3O3S2/c1-10-5-3-4-6-15(10)24(21,22)19-12-7-8-13-14(9-12)23-16(18-13)17-11(2)20/h3-9,19H,1-2H3,(H,17,18,20). The van der Waals surface area contributed by atoms with Gasteiger partial charge in [-0.3, -0.25) is 9.52 Å². The summed E-state index contributed by atoms with van der Waals surface area (Å²) in [4.78, 5) is 15.6. The molecule has 6 nitrogen and oxygen atoms in total. The minimum atomic E-state index is -3.66. The molecule has 0 aliphatic carbocycles. The molecule has 1 heterocycles. The molecule has 0 unspecified atom stereocenters. The second-order valence-corrected chi connectivity index (χ2v) is 7.94. The number of hydrogen-bond donors (Lipinski definition) is 2. The molecular weight excluding hydrogens is 346 g/mol. The van der Waals surface area contributed by atoms with Crippen LogP contribution in [0.15, 0.2) is 47.4 Å². The van der Waals surface area contributed by atoms with Crippen molar-refractivity contribution < 1.29 is 13.2 Å². The fourth-order valence-electron chi connectivity index (χ4n) is 2.26. The molecule has 3 aromatic rings. The molecule has 0 saturated heterocycles. The highest BCUT2D eigenvalue weighted by molar-refractivity contribution is 7.92. The van der Waals surface area contributed by atoms with Crippen molar-refractivity contribution in [1.29, 1.82) is 0 Å². The number of amides is 1. The third-order valence-electron chi connectivity index (χ3n) is 3.31. The third-order valence-corrected chi connectivity index (χ3v) is 5.78. The quantitative estimate of drug-likeness (QED) is 0.746. The van der Waals surface area contributed by atoms with Gasteiger partial charge >= 0.3 is 0 Å². The van der Waals surface area contributed by atoms with Crippen LogP contribution in [-0.2, 0) is 14.8 Å². The molecule has 0 spiro atoms. The second-order valence-electron chi connectivity index (χ2n) is 5.25. The van der Waals surface area contributed by atoms with Crippen molar-refractivity contribution in [3.8, 4) is 0 Å². The van der Waals surface area contributed by atoms with Gasteiger partial charge in [0.05, 0.1) is 20.8 Å². The van der Waals surface area contributed by atoms with Crippen molar-refractivity contribution in [3.63, 3.8) is 0 Å². The van der Waals surface area contributed by atoms with Gasteiger partial charge < -0.3 is 5.32 Å². The molecule has 0 bridgehead atoms. The highest BCUT2D eigenvalue weighted by atomic mass is 32.2. The summed E-state index contributed by atoms with van der Waals surface area (Å²) in [6, 6.07) is 11.9. The predicted octanol–water partition coefficient (Wildman–Crippen LogP) is 3.36. The Bertz CT molecular complexity index is 1030. The monoisotopic (exact) mass is 361 g/mol. The Kier molecular flexibility index (Phi) is 4.25. The highest BCUT2D eigenvalue weighted by Crippen LogP contribution is 2.29. The Morgan fingerprint density at radius 2 is 1.92 bits per heavy atom. The number of sulfonamides is 1. The Morgan fingerprint density at radius 1 is 1.17 bits per heavy atom. The van der Waals surface area contributed by atoms with Crippen LogP contribution < -0.4 is 10.0 Å². The summed E-state index contributed by atoms with van der Waals surface area (Å²) in [6.07, 6.45) is 0. The van der Waals surface area contributed by atoms with Crippen LogP contribution in [-0.4, -0.2) is 19.3 Å². The fraction of sp³-hybridized carbons (Fsp3) is 0.125. The van der Waals surface area contributed by atoms with E-state index in [2.05, 4.69) is 15.0 Å². The average Bonchev–Trinajstić information content (AvgIpc) is 2.87. The first-order valence-electron chi connectivity index (χ1n) is 7.12. The fourth-order valence-corrected chi connectivity index (χ4v) is 4.51. The van der Waals surface area contributed by atoms with Gasteiger partial charge in [-0.2, -0.15) is 0 Å². The van der Waals surface area contributed by atoms with Crippen molar-refractivity contribution in [3.05, 3.63) is 48.0 Å². The molecule has 8 heteroatoms. The topological polar surface area (TPSA) is 88.2 Å². The van der Waals surface area contributed by atoms with E-state index in [1.165, 1.54) is 18.3 Å². The number of aryl methyl sites for hydroxylation is 1. The zero-order valence-corrected chi connectivity index (χ0v) is 14.7. The molecule has 0 aliphatic heterocycles. The summed E-state index contributed by atoms with van der Waals surface area (Å²) in [5.41, 5.74) is 1.82. The predicted molar refractivity (Wildman–Crippen MR) is 95.9 cm³/mol. The van der Waals surface area contributed by atoms with Gasteiger partial charge in [0.15, 0.2) is 5.13 Å². The van der Waals surface area contributed by atoms with Crippen LogP contribution >= 0.6 is 11.3 Å². The number of carbonyl (C=O) groups excluding carboxylic acids is 1. The SMILES string of the molecule is CC(=O)Nc1nc2ccc(NS(=O)(=O)c3ccccc3C)cc2s1. The Morgan fingerprint density at radius 3 is 2.62 bits per heavy atom. The molecule has 1 amide bonds. The zero-order chi connectivity index (χ0) is 17.3. The molecule has 0 fully saturated rings. The summed E-state index contributed by atoms with van der Waals surface area (Å²) < 4.78 is 28.4. The summed E-state index contributed by atoms with van der Waals surface area (Å²) in [7, 11) is -3.66. The maximum atomic E-state index is 12.5. The van der Waals surface area contributed by atoms with Crippen LogP contribution in [0, 0.1) is 6.92 Å². The molecule has 3 rings (SSSR count). The maximum absolute atomic E-state index is 12.5. The van der Waals surface area contributed by atoms with E-state index in [4.69, 9.17) is 0 Å². The molecule has 0 saturated carbocycles. The molecule has 2 N–H and O–H groups in total. The van der Waals surface area contributed by atoms with Crippen molar-refractivity contribution in [2.45, 2.75) is 18.7 Å². The number of nitrogens with zero attached hydrogens (tertiary/aromatic N) is 1. The molecular formula is C16H15N3O3S2. The Hall–Kier alpha value is -2.45. The molecule has 24 heavy (non-hydrogen) atoms. The summed E-state index contributed by atoms with van der Waals surface area (Å²) in [5, 5.41) is 3.11. The van der Waals surface area contributed by atoms with Gasteiger partial charge in [-0.25, -0.2) is 13.4 Å². The largest absolute Gasteiger partial charge is 0.302 e. The van der Waals surface area contributed by atoms with E-state index in [0.717, 1.165) is 4.70 Å². The highest BCUT2D eigenvalue weighted by Gasteiger charge is 2.17. The lowest BCUT2D eigenvalue weighted by atomic mass is 10.2. The van der Waals surface area contributed by atoms with E-state index in [1.807, 2.05) is 0 Å².